The molecule has 1 aromatic carbocycles. The van der Waals surface area contributed by atoms with Crippen LogP contribution in [0, 0.1) is 0 Å². The molecule has 1 N–H and O–H groups in total. The van der Waals surface area contributed by atoms with Gasteiger partial charge in [-0.2, -0.15) is 0 Å². The monoisotopic (exact) mass is 299 g/mol. The molecule has 1 atom stereocenters. The number of ether oxygens (including phenoxy) is 2. The van der Waals surface area contributed by atoms with E-state index in [1.165, 1.54) is 4.90 Å². The fourth-order valence-electron chi connectivity index (χ4n) is 1.89. The number of carbonyl (C=O) groups is 2. The van der Waals surface area contributed by atoms with Crippen LogP contribution in [0.15, 0.2) is 24.3 Å². The lowest BCUT2D eigenvalue weighted by atomic mass is 10.2. The molecular formula is C13H14ClNO5. The maximum atomic E-state index is 12.0. The third-order valence-corrected chi connectivity index (χ3v) is 3.23. The molecule has 20 heavy (non-hydrogen) atoms. The van der Waals surface area contributed by atoms with Crippen LogP contribution in [0.3, 0.4) is 0 Å². The minimum Gasteiger partial charge on any atom is -0.482 e. The van der Waals surface area contributed by atoms with E-state index in [0.717, 1.165) is 0 Å². The number of carboxylic acids is 1. The van der Waals surface area contributed by atoms with E-state index < -0.39 is 17.9 Å². The van der Waals surface area contributed by atoms with Crippen LogP contribution < -0.4 is 4.74 Å². The predicted octanol–water partition coefficient (Wildman–Crippen LogP) is 1.03. The van der Waals surface area contributed by atoms with Crippen LogP contribution in [0.2, 0.25) is 5.02 Å². The number of rotatable bonds is 4. The van der Waals surface area contributed by atoms with Crippen molar-refractivity contribution >= 4 is 23.5 Å². The molecule has 0 unspecified atom stereocenters. The highest BCUT2D eigenvalue weighted by Crippen LogP contribution is 2.23. The number of para-hydroxylation sites is 1. The van der Waals surface area contributed by atoms with Crippen LogP contribution in [0.4, 0.5) is 0 Å². The number of hydrogen-bond acceptors (Lipinski definition) is 4. The van der Waals surface area contributed by atoms with Crippen molar-refractivity contribution < 1.29 is 24.2 Å². The summed E-state index contributed by atoms with van der Waals surface area (Å²) in [7, 11) is 0. The average Bonchev–Trinajstić information content (AvgIpc) is 2.46. The molecule has 0 bridgehead atoms. The van der Waals surface area contributed by atoms with Crippen LogP contribution >= 0.6 is 11.6 Å². The fraction of sp³-hybridized carbons (Fsp3) is 0.385. The molecule has 0 radical (unpaired) electrons. The normalized spacial score (nSPS) is 18.6. The first-order chi connectivity index (χ1) is 9.59. The minimum atomic E-state index is -1.09. The first-order valence-corrected chi connectivity index (χ1v) is 6.44. The van der Waals surface area contributed by atoms with E-state index in [1.54, 1.807) is 24.3 Å². The summed E-state index contributed by atoms with van der Waals surface area (Å²) in [6.45, 7) is 0.296. The van der Waals surface area contributed by atoms with Crippen LogP contribution in [0.5, 0.6) is 5.75 Å². The summed E-state index contributed by atoms with van der Waals surface area (Å²) in [5, 5.41) is 9.45. The van der Waals surface area contributed by atoms with Gasteiger partial charge >= 0.3 is 5.97 Å². The smallest absolute Gasteiger partial charge is 0.328 e. The fourth-order valence-corrected chi connectivity index (χ4v) is 2.08. The zero-order valence-corrected chi connectivity index (χ0v) is 11.4. The number of nitrogens with zero attached hydrogens (tertiary/aromatic N) is 1. The number of morpholine rings is 1. The van der Waals surface area contributed by atoms with Gasteiger partial charge in [-0.3, -0.25) is 4.79 Å². The highest BCUT2D eigenvalue weighted by Gasteiger charge is 2.32. The Kier molecular flexibility index (Phi) is 4.81. The van der Waals surface area contributed by atoms with Gasteiger partial charge in [0.15, 0.2) is 12.6 Å². The summed E-state index contributed by atoms with van der Waals surface area (Å²) in [5.74, 6) is -1.10. The van der Waals surface area contributed by atoms with Gasteiger partial charge in [0.05, 0.1) is 18.2 Å². The van der Waals surface area contributed by atoms with Gasteiger partial charge in [-0.25, -0.2) is 4.79 Å². The van der Waals surface area contributed by atoms with Gasteiger partial charge in [0.1, 0.15) is 5.75 Å². The SMILES string of the molecule is O=C(O)[C@@H]1COCCN1C(=O)COc1ccccc1Cl. The van der Waals surface area contributed by atoms with E-state index in [2.05, 4.69) is 0 Å². The van der Waals surface area contributed by atoms with E-state index in [1.807, 2.05) is 0 Å². The van der Waals surface area contributed by atoms with Crippen molar-refractivity contribution in [3.8, 4) is 5.75 Å². The molecule has 0 aromatic heterocycles. The van der Waals surface area contributed by atoms with Gasteiger partial charge in [0, 0.05) is 6.54 Å². The summed E-state index contributed by atoms with van der Waals surface area (Å²) >= 11 is 5.91. The largest absolute Gasteiger partial charge is 0.482 e. The number of benzene rings is 1. The Bertz CT molecular complexity index is 507. The van der Waals surface area contributed by atoms with Gasteiger partial charge in [-0.1, -0.05) is 23.7 Å². The van der Waals surface area contributed by atoms with E-state index in [0.29, 0.717) is 17.4 Å². The molecular weight excluding hydrogens is 286 g/mol. The van der Waals surface area contributed by atoms with Crippen molar-refractivity contribution in [1.29, 1.82) is 0 Å². The second-order valence-corrected chi connectivity index (χ2v) is 4.64. The maximum Gasteiger partial charge on any atom is 0.328 e. The Balaban J connectivity index is 1.97. The first kappa shape index (κ1) is 14.6. The minimum absolute atomic E-state index is 0.00678. The molecule has 6 nitrogen and oxygen atoms in total. The average molecular weight is 300 g/mol. The van der Waals surface area contributed by atoms with Crippen molar-refractivity contribution in [3.05, 3.63) is 29.3 Å². The zero-order chi connectivity index (χ0) is 14.5. The molecule has 0 spiro atoms. The molecule has 108 valence electrons. The number of hydrogen-bond donors (Lipinski definition) is 1. The molecule has 1 fully saturated rings. The summed E-state index contributed by atoms with van der Waals surface area (Å²) in [5.41, 5.74) is 0. The van der Waals surface area contributed by atoms with Crippen molar-refractivity contribution in [2.24, 2.45) is 0 Å². The Hall–Kier alpha value is -1.79. The molecule has 1 aliphatic rings. The zero-order valence-electron chi connectivity index (χ0n) is 10.6. The van der Waals surface area contributed by atoms with Crippen LogP contribution in [0.25, 0.3) is 0 Å². The van der Waals surface area contributed by atoms with E-state index in [9.17, 15) is 9.59 Å². The lowest BCUT2D eigenvalue weighted by Gasteiger charge is -2.32. The topological polar surface area (TPSA) is 76.1 Å². The van der Waals surface area contributed by atoms with Gasteiger partial charge < -0.3 is 19.5 Å². The Morgan fingerprint density at radius 2 is 2.20 bits per heavy atom. The van der Waals surface area contributed by atoms with Crippen LogP contribution in [-0.4, -0.2) is 54.3 Å². The Labute approximate surface area is 120 Å². The second kappa shape index (κ2) is 6.58. The summed E-state index contributed by atoms with van der Waals surface area (Å²) in [6, 6.07) is 5.81. The van der Waals surface area contributed by atoms with Gasteiger partial charge in [-0.05, 0) is 12.1 Å². The highest BCUT2D eigenvalue weighted by molar-refractivity contribution is 6.32. The number of carboxylic acid groups (broad SMARTS) is 1. The predicted molar refractivity (Wildman–Crippen MR) is 70.9 cm³/mol. The van der Waals surface area contributed by atoms with Gasteiger partial charge in [0.25, 0.3) is 5.91 Å². The van der Waals surface area contributed by atoms with Crippen LogP contribution in [-0.2, 0) is 14.3 Å². The lowest BCUT2D eigenvalue weighted by molar-refractivity contribution is -0.159. The molecule has 2 rings (SSSR count). The number of halogens is 1. The maximum absolute atomic E-state index is 12.0. The van der Waals surface area contributed by atoms with E-state index in [4.69, 9.17) is 26.2 Å². The molecule has 1 amide bonds. The quantitative estimate of drug-likeness (QED) is 0.898. The summed E-state index contributed by atoms with van der Waals surface area (Å²) in [6.07, 6.45) is 0. The summed E-state index contributed by atoms with van der Waals surface area (Å²) in [4.78, 5) is 24.4. The lowest BCUT2D eigenvalue weighted by Crippen LogP contribution is -2.53. The molecule has 7 heteroatoms. The second-order valence-electron chi connectivity index (χ2n) is 4.24. The summed E-state index contributed by atoms with van der Waals surface area (Å²) < 4.78 is 10.4. The standard InChI is InChI=1S/C13H14ClNO5/c14-9-3-1-2-4-11(9)20-8-12(16)15-5-6-19-7-10(15)13(17)18/h1-4,10H,5-8H2,(H,17,18)/t10-/m0/s1. The van der Waals surface area contributed by atoms with E-state index >= 15 is 0 Å². The number of amides is 1. The molecule has 1 heterocycles. The third kappa shape index (κ3) is 3.40. The number of carbonyl (C=O) groups excluding carboxylic acids is 1. The Morgan fingerprint density at radius 3 is 2.90 bits per heavy atom. The Morgan fingerprint density at radius 1 is 1.45 bits per heavy atom. The van der Waals surface area contributed by atoms with Gasteiger partial charge in [0.2, 0.25) is 0 Å². The molecule has 1 saturated heterocycles. The first-order valence-electron chi connectivity index (χ1n) is 6.07. The molecule has 0 saturated carbocycles. The molecule has 1 aromatic rings. The van der Waals surface area contributed by atoms with Crippen molar-refractivity contribution in [1.82, 2.24) is 4.90 Å². The highest BCUT2D eigenvalue weighted by atomic mass is 35.5. The molecule has 0 aliphatic carbocycles. The van der Waals surface area contributed by atoms with Crippen molar-refractivity contribution in [2.45, 2.75) is 6.04 Å². The van der Waals surface area contributed by atoms with Crippen molar-refractivity contribution in [3.63, 3.8) is 0 Å². The number of aliphatic carboxylic acids is 1. The molecule has 1 aliphatic heterocycles. The van der Waals surface area contributed by atoms with Gasteiger partial charge in [-0.15, -0.1) is 0 Å². The van der Waals surface area contributed by atoms with E-state index in [-0.39, 0.29) is 19.8 Å². The van der Waals surface area contributed by atoms with Crippen molar-refractivity contribution in [2.75, 3.05) is 26.4 Å². The van der Waals surface area contributed by atoms with Crippen LogP contribution in [0.1, 0.15) is 0 Å². The third-order valence-electron chi connectivity index (χ3n) is 2.92.